The van der Waals surface area contributed by atoms with Crippen LogP contribution in [0.2, 0.25) is 10.0 Å². The van der Waals surface area contributed by atoms with Crippen molar-refractivity contribution in [1.82, 2.24) is 5.32 Å². The van der Waals surface area contributed by atoms with Crippen molar-refractivity contribution in [3.05, 3.63) is 69.2 Å². The Balaban J connectivity index is 2.38. The molecule has 1 aliphatic rings. The minimum absolute atomic E-state index is 0.0331. The molecule has 1 saturated heterocycles. The summed E-state index contributed by atoms with van der Waals surface area (Å²) in [4.78, 5) is 12.2. The fourth-order valence-corrected chi connectivity index (χ4v) is 4.88. The van der Waals surface area contributed by atoms with E-state index in [4.69, 9.17) is 23.2 Å². The van der Waals surface area contributed by atoms with E-state index >= 15 is 8.78 Å². The number of aliphatic carboxylic acids is 1. The highest BCUT2D eigenvalue weighted by molar-refractivity contribution is 6.31. The smallest absolute Gasteiger partial charge is 0.321 e. The van der Waals surface area contributed by atoms with Crippen LogP contribution in [0, 0.1) is 28.4 Å². The third-order valence-corrected chi connectivity index (χ3v) is 6.24. The lowest BCUT2D eigenvalue weighted by molar-refractivity contribution is -0.139. The maximum Gasteiger partial charge on any atom is 0.321 e. The van der Waals surface area contributed by atoms with Crippen LogP contribution in [0.15, 0.2) is 36.4 Å². The molecule has 2 aromatic rings. The van der Waals surface area contributed by atoms with Gasteiger partial charge in [0, 0.05) is 22.5 Å². The third kappa shape index (κ3) is 4.15. The van der Waals surface area contributed by atoms with E-state index in [0.717, 1.165) is 6.07 Å². The van der Waals surface area contributed by atoms with Gasteiger partial charge < -0.3 is 5.11 Å². The molecule has 1 aliphatic heterocycles. The zero-order valence-electron chi connectivity index (χ0n) is 17.2. The molecule has 0 aliphatic carbocycles. The lowest BCUT2D eigenvalue weighted by atomic mass is 9.62. The summed E-state index contributed by atoms with van der Waals surface area (Å²) in [5.74, 6) is -4.09. The molecule has 0 aromatic heterocycles. The molecule has 8 heteroatoms. The standard InChI is InChI=1S/C23H22Cl2F2N2O2/c1-22(2,3)10-17-23(11-28,14-8-7-12(24)9-16(14)26)18(20(29-17)21(30)31)13-5-4-6-15(25)19(13)27/h4-9,17-18,20,29H,10H2,1-3H3,(H,30,31)/t17-,18-,20-,23-/m0/s1. The monoisotopic (exact) mass is 466 g/mol. The fraction of sp³-hybridized carbons (Fsp3) is 0.391. The maximum absolute atomic E-state index is 15.2. The highest BCUT2D eigenvalue weighted by Crippen LogP contribution is 2.52. The molecule has 2 aromatic carbocycles. The first-order valence-electron chi connectivity index (χ1n) is 9.72. The highest BCUT2D eigenvalue weighted by Gasteiger charge is 2.61. The average molecular weight is 467 g/mol. The summed E-state index contributed by atoms with van der Waals surface area (Å²) in [5.41, 5.74) is -2.15. The van der Waals surface area contributed by atoms with Crippen LogP contribution in [-0.4, -0.2) is 23.2 Å². The second-order valence-corrected chi connectivity index (χ2v) is 9.87. The molecule has 0 radical (unpaired) electrons. The van der Waals surface area contributed by atoms with Gasteiger partial charge in [0.2, 0.25) is 0 Å². The number of rotatable bonds is 4. The summed E-state index contributed by atoms with van der Waals surface area (Å²) in [5, 5.41) is 23.4. The molecule has 4 nitrogen and oxygen atoms in total. The molecular weight excluding hydrogens is 445 g/mol. The van der Waals surface area contributed by atoms with Crippen molar-refractivity contribution >= 4 is 29.2 Å². The predicted molar refractivity (Wildman–Crippen MR) is 115 cm³/mol. The van der Waals surface area contributed by atoms with Gasteiger partial charge >= 0.3 is 5.97 Å². The van der Waals surface area contributed by atoms with Crippen LogP contribution < -0.4 is 5.32 Å². The van der Waals surface area contributed by atoms with Gasteiger partial charge in [0.15, 0.2) is 0 Å². The average Bonchev–Trinajstić information content (AvgIpc) is 2.97. The number of carboxylic acids is 1. The van der Waals surface area contributed by atoms with Crippen LogP contribution in [0.5, 0.6) is 0 Å². The first-order valence-corrected chi connectivity index (χ1v) is 10.5. The van der Waals surface area contributed by atoms with Crippen molar-refractivity contribution in [2.45, 2.75) is 50.6 Å². The van der Waals surface area contributed by atoms with Crippen LogP contribution in [0.4, 0.5) is 8.78 Å². The summed E-state index contributed by atoms with van der Waals surface area (Å²) in [6, 6.07) is 8.16. The van der Waals surface area contributed by atoms with Gasteiger partial charge in [0.25, 0.3) is 0 Å². The normalized spacial score (nSPS) is 25.9. The molecule has 0 saturated carbocycles. The Hall–Kier alpha value is -2.20. The van der Waals surface area contributed by atoms with Gasteiger partial charge in [-0.1, -0.05) is 62.2 Å². The third-order valence-electron chi connectivity index (χ3n) is 5.72. The summed E-state index contributed by atoms with van der Waals surface area (Å²) < 4.78 is 30.3. The van der Waals surface area contributed by atoms with Crippen molar-refractivity contribution in [2.24, 2.45) is 5.41 Å². The molecule has 0 bridgehead atoms. The summed E-state index contributed by atoms with van der Waals surface area (Å²) in [7, 11) is 0. The van der Waals surface area contributed by atoms with E-state index in [1.807, 2.05) is 20.8 Å². The predicted octanol–water partition coefficient (Wildman–Crippen LogP) is 5.68. The summed E-state index contributed by atoms with van der Waals surface area (Å²) in [6.07, 6.45) is 0.338. The number of carbonyl (C=O) groups is 1. The zero-order valence-corrected chi connectivity index (χ0v) is 18.7. The minimum atomic E-state index is -1.73. The SMILES string of the molecule is CC(C)(C)C[C@@H]1N[C@H](C(=O)O)[C@H](c2cccc(Cl)c2F)[C@@]1(C#N)c1ccc(Cl)cc1F. The number of hydrogen-bond donors (Lipinski definition) is 2. The molecule has 1 fully saturated rings. The van der Waals surface area contributed by atoms with Gasteiger partial charge in [-0.05, 0) is 35.6 Å². The first kappa shape index (κ1) is 23.5. The molecule has 31 heavy (non-hydrogen) atoms. The topological polar surface area (TPSA) is 73.1 Å². The summed E-state index contributed by atoms with van der Waals surface area (Å²) in [6.45, 7) is 5.79. The number of nitrogens with zero attached hydrogens (tertiary/aromatic N) is 1. The van der Waals surface area contributed by atoms with Crippen molar-refractivity contribution in [3.8, 4) is 6.07 Å². The van der Waals surface area contributed by atoms with Crippen molar-refractivity contribution in [2.75, 3.05) is 0 Å². The Morgan fingerprint density at radius 3 is 2.48 bits per heavy atom. The minimum Gasteiger partial charge on any atom is -0.480 e. The van der Waals surface area contributed by atoms with E-state index in [1.54, 1.807) is 0 Å². The number of benzene rings is 2. The van der Waals surface area contributed by atoms with Crippen LogP contribution in [0.25, 0.3) is 0 Å². The Morgan fingerprint density at radius 1 is 1.26 bits per heavy atom. The second-order valence-electron chi connectivity index (χ2n) is 9.03. The molecule has 4 atom stereocenters. The van der Waals surface area contributed by atoms with Gasteiger partial charge in [-0.25, -0.2) is 8.78 Å². The maximum atomic E-state index is 15.2. The van der Waals surface area contributed by atoms with Gasteiger partial charge in [-0.15, -0.1) is 0 Å². The molecule has 164 valence electrons. The largest absolute Gasteiger partial charge is 0.480 e. The molecule has 0 spiro atoms. The number of nitriles is 1. The van der Waals surface area contributed by atoms with Crippen molar-refractivity contribution in [1.29, 1.82) is 5.26 Å². The van der Waals surface area contributed by atoms with E-state index in [2.05, 4.69) is 11.4 Å². The van der Waals surface area contributed by atoms with Gasteiger partial charge in [-0.3, -0.25) is 10.1 Å². The zero-order chi connectivity index (χ0) is 23.1. The Morgan fingerprint density at radius 2 is 1.94 bits per heavy atom. The Kier molecular flexibility index (Phi) is 6.35. The summed E-state index contributed by atoms with van der Waals surface area (Å²) >= 11 is 11.9. The number of carboxylic acid groups (broad SMARTS) is 1. The van der Waals surface area contributed by atoms with Gasteiger partial charge in [0.05, 0.1) is 11.1 Å². The van der Waals surface area contributed by atoms with E-state index in [-0.39, 0.29) is 26.6 Å². The molecule has 3 rings (SSSR count). The molecular formula is C23H22Cl2F2N2O2. The van der Waals surface area contributed by atoms with Gasteiger partial charge in [-0.2, -0.15) is 5.26 Å². The second kappa shape index (κ2) is 8.38. The fourth-order valence-electron chi connectivity index (χ4n) is 4.54. The number of nitrogens with one attached hydrogen (secondary N) is 1. The number of halogens is 4. The van der Waals surface area contributed by atoms with Crippen LogP contribution in [0.1, 0.15) is 44.2 Å². The van der Waals surface area contributed by atoms with Crippen LogP contribution in [0.3, 0.4) is 0 Å². The lowest BCUT2D eigenvalue weighted by Crippen LogP contribution is -2.44. The van der Waals surface area contributed by atoms with E-state index in [9.17, 15) is 15.2 Å². The van der Waals surface area contributed by atoms with E-state index in [1.165, 1.54) is 30.3 Å². The Labute approximate surface area is 189 Å². The van der Waals surface area contributed by atoms with Crippen LogP contribution in [-0.2, 0) is 10.2 Å². The van der Waals surface area contributed by atoms with Crippen molar-refractivity contribution in [3.63, 3.8) is 0 Å². The van der Waals surface area contributed by atoms with E-state index < -0.39 is 41.0 Å². The van der Waals surface area contributed by atoms with Crippen LogP contribution >= 0.6 is 23.2 Å². The first-order chi connectivity index (χ1) is 14.4. The molecule has 0 amide bonds. The molecule has 0 unspecified atom stereocenters. The van der Waals surface area contributed by atoms with Crippen molar-refractivity contribution < 1.29 is 18.7 Å². The quantitative estimate of drug-likeness (QED) is 0.607. The van der Waals surface area contributed by atoms with E-state index in [0.29, 0.717) is 6.42 Å². The lowest BCUT2D eigenvalue weighted by Gasteiger charge is -2.37. The van der Waals surface area contributed by atoms with Gasteiger partial charge in [0.1, 0.15) is 23.1 Å². The Bertz CT molecular complexity index is 1060. The highest BCUT2D eigenvalue weighted by atomic mass is 35.5. The molecule has 2 N–H and O–H groups in total. The molecule has 1 heterocycles. The number of hydrogen-bond acceptors (Lipinski definition) is 3.